The van der Waals surface area contributed by atoms with Crippen LogP contribution in [0.1, 0.15) is 44.7 Å². The number of sulfonamides is 1. The van der Waals surface area contributed by atoms with Crippen LogP contribution in [0.3, 0.4) is 0 Å². The van der Waals surface area contributed by atoms with Gasteiger partial charge >= 0.3 is 0 Å². The highest BCUT2D eigenvalue weighted by atomic mass is 32.2. The first kappa shape index (κ1) is 19.6. The van der Waals surface area contributed by atoms with Gasteiger partial charge in [-0.05, 0) is 47.2 Å². The van der Waals surface area contributed by atoms with Gasteiger partial charge in [-0.1, -0.05) is 45.0 Å². The Balaban J connectivity index is 1.65. The Kier molecular flexibility index (Phi) is 5.40. The molecule has 1 saturated heterocycles. The SMILES string of the molecule is CC(C)(C)c1ccc(S(=O)(=O)NCc2ccc(N3CCCC3=O)cc2)cc1. The molecule has 0 aromatic heterocycles. The highest BCUT2D eigenvalue weighted by molar-refractivity contribution is 7.89. The van der Waals surface area contributed by atoms with Gasteiger partial charge in [0.2, 0.25) is 15.9 Å². The molecule has 27 heavy (non-hydrogen) atoms. The average Bonchev–Trinajstić information content (AvgIpc) is 3.06. The molecule has 144 valence electrons. The van der Waals surface area contributed by atoms with E-state index in [-0.39, 0.29) is 22.8 Å². The standard InChI is InChI=1S/C21H26N2O3S/c1-21(2,3)17-8-12-19(13-9-17)27(25,26)22-15-16-6-10-18(11-7-16)23-14-4-5-20(23)24/h6-13,22H,4-5,14-15H2,1-3H3. The topological polar surface area (TPSA) is 66.5 Å². The normalized spacial score (nSPS) is 15.4. The lowest BCUT2D eigenvalue weighted by Crippen LogP contribution is -2.24. The summed E-state index contributed by atoms with van der Waals surface area (Å²) in [6.45, 7) is 7.23. The van der Waals surface area contributed by atoms with Crippen LogP contribution in [0.25, 0.3) is 0 Å². The molecular formula is C21H26N2O3S. The zero-order valence-corrected chi connectivity index (χ0v) is 16.8. The van der Waals surface area contributed by atoms with Crippen molar-refractivity contribution in [1.29, 1.82) is 0 Å². The zero-order chi connectivity index (χ0) is 19.7. The molecule has 0 unspecified atom stereocenters. The van der Waals surface area contributed by atoms with Gasteiger partial charge in [0.1, 0.15) is 0 Å². The van der Waals surface area contributed by atoms with Crippen LogP contribution >= 0.6 is 0 Å². The predicted molar refractivity (Wildman–Crippen MR) is 107 cm³/mol. The molecule has 0 saturated carbocycles. The Bertz CT molecular complexity index is 911. The van der Waals surface area contributed by atoms with E-state index in [2.05, 4.69) is 25.5 Å². The van der Waals surface area contributed by atoms with Crippen LogP contribution in [-0.4, -0.2) is 20.9 Å². The molecule has 1 amide bonds. The first-order valence-electron chi connectivity index (χ1n) is 9.16. The van der Waals surface area contributed by atoms with E-state index in [1.165, 1.54) is 0 Å². The summed E-state index contributed by atoms with van der Waals surface area (Å²) in [6, 6.07) is 14.4. The summed E-state index contributed by atoms with van der Waals surface area (Å²) in [6.07, 6.45) is 1.48. The minimum absolute atomic E-state index is 0.0197. The maximum Gasteiger partial charge on any atom is 0.240 e. The third-order valence-corrected chi connectivity index (χ3v) is 6.24. The summed E-state index contributed by atoms with van der Waals surface area (Å²) in [7, 11) is -3.57. The summed E-state index contributed by atoms with van der Waals surface area (Å²) in [5, 5.41) is 0. The number of hydrogen-bond donors (Lipinski definition) is 1. The Morgan fingerprint density at radius 1 is 1.00 bits per heavy atom. The van der Waals surface area contributed by atoms with Gasteiger partial charge < -0.3 is 4.90 Å². The molecule has 0 radical (unpaired) electrons. The average molecular weight is 387 g/mol. The Labute approximate surface area is 161 Å². The van der Waals surface area contributed by atoms with Crippen LogP contribution in [0.4, 0.5) is 5.69 Å². The van der Waals surface area contributed by atoms with E-state index in [0.29, 0.717) is 6.42 Å². The predicted octanol–water partition coefficient (Wildman–Crippen LogP) is 3.59. The Morgan fingerprint density at radius 2 is 1.63 bits per heavy atom. The summed E-state index contributed by atoms with van der Waals surface area (Å²) >= 11 is 0. The molecule has 5 nitrogen and oxygen atoms in total. The van der Waals surface area contributed by atoms with Crippen molar-refractivity contribution < 1.29 is 13.2 Å². The number of nitrogens with zero attached hydrogens (tertiary/aromatic N) is 1. The van der Waals surface area contributed by atoms with Crippen molar-refractivity contribution in [3.8, 4) is 0 Å². The van der Waals surface area contributed by atoms with Crippen LogP contribution in [-0.2, 0) is 26.8 Å². The van der Waals surface area contributed by atoms with Crippen LogP contribution in [0.15, 0.2) is 53.4 Å². The number of carbonyl (C=O) groups excluding carboxylic acids is 1. The molecule has 1 aliphatic heterocycles. The molecule has 1 fully saturated rings. The van der Waals surface area contributed by atoms with Crippen LogP contribution in [0, 0.1) is 0 Å². The second-order valence-electron chi connectivity index (χ2n) is 7.91. The molecule has 0 aliphatic carbocycles. The number of anilines is 1. The van der Waals surface area contributed by atoms with Crippen molar-refractivity contribution in [1.82, 2.24) is 4.72 Å². The van der Waals surface area contributed by atoms with Gasteiger partial charge in [0.15, 0.2) is 0 Å². The van der Waals surface area contributed by atoms with Gasteiger partial charge in [-0.15, -0.1) is 0 Å². The minimum atomic E-state index is -3.57. The van der Waals surface area contributed by atoms with Crippen molar-refractivity contribution in [3.05, 3.63) is 59.7 Å². The first-order valence-corrected chi connectivity index (χ1v) is 10.6. The molecule has 1 N–H and O–H groups in total. The Morgan fingerprint density at radius 3 is 2.15 bits per heavy atom. The Hall–Kier alpha value is -2.18. The minimum Gasteiger partial charge on any atom is -0.312 e. The lowest BCUT2D eigenvalue weighted by atomic mass is 9.87. The molecule has 1 heterocycles. The van der Waals surface area contributed by atoms with Gasteiger partial charge in [0, 0.05) is 25.2 Å². The molecule has 6 heteroatoms. The van der Waals surface area contributed by atoms with E-state index in [9.17, 15) is 13.2 Å². The smallest absolute Gasteiger partial charge is 0.240 e. The third kappa shape index (κ3) is 4.57. The van der Waals surface area contributed by atoms with Crippen LogP contribution in [0.2, 0.25) is 0 Å². The van der Waals surface area contributed by atoms with Crippen molar-refractivity contribution in [2.75, 3.05) is 11.4 Å². The van der Waals surface area contributed by atoms with Gasteiger partial charge in [-0.3, -0.25) is 4.79 Å². The van der Waals surface area contributed by atoms with E-state index in [0.717, 1.165) is 29.8 Å². The van der Waals surface area contributed by atoms with Gasteiger partial charge in [-0.25, -0.2) is 13.1 Å². The zero-order valence-electron chi connectivity index (χ0n) is 16.0. The van der Waals surface area contributed by atoms with Gasteiger partial charge in [0.05, 0.1) is 4.90 Å². The van der Waals surface area contributed by atoms with Crippen molar-refractivity contribution >= 4 is 21.6 Å². The number of hydrogen-bond acceptors (Lipinski definition) is 3. The fraction of sp³-hybridized carbons (Fsp3) is 0.381. The number of amides is 1. The number of benzene rings is 2. The van der Waals surface area contributed by atoms with Crippen molar-refractivity contribution in [2.24, 2.45) is 0 Å². The lowest BCUT2D eigenvalue weighted by molar-refractivity contribution is -0.117. The second kappa shape index (κ2) is 7.44. The van der Waals surface area contributed by atoms with E-state index in [4.69, 9.17) is 0 Å². The van der Waals surface area contributed by atoms with E-state index in [1.54, 1.807) is 17.0 Å². The van der Waals surface area contributed by atoms with Gasteiger partial charge in [0.25, 0.3) is 0 Å². The van der Waals surface area contributed by atoms with Gasteiger partial charge in [-0.2, -0.15) is 0 Å². The summed E-state index contributed by atoms with van der Waals surface area (Å²) < 4.78 is 27.7. The van der Waals surface area contributed by atoms with Crippen molar-refractivity contribution in [2.45, 2.75) is 50.5 Å². The van der Waals surface area contributed by atoms with Crippen LogP contribution in [0.5, 0.6) is 0 Å². The maximum absolute atomic E-state index is 12.5. The number of carbonyl (C=O) groups is 1. The third-order valence-electron chi connectivity index (χ3n) is 4.82. The van der Waals surface area contributed by atoms with E-state index < -0.39 is 10.0 Å². The maximum atomic E-state index is 12.5. The van der Waals surface area contributed by atoms with E-state index in [1.807, 2.05) is 36.4 Å². The second-order valence-corrected chi connectivity index (χ2v) is 9.68. The molecule has 0 bridgehead atoms. The largest absolute Gasteiger partial charge is 0.312 e. The fourth-order valence-electron chi connectivity index (χ4n) is 3.11. The summed E-state index contributed by atoms with van der Waals surface area (Å²) in [4.78, 5) is 13.8. The monoisotopic (exact) mass is 386 g/mol. The summed E-state index contributed by atoms with van der Waals surface area (Å²) in [5.74, 6) is 0.141. The lowest BCUT2D eigenvalue weighted by Gasteiger charge is -2.19. The first-order chi connectivity index (χ1) is 12.7. The highest BCUT2D eigenvalue weighted by Crippen LogP contribution is 2.24. The fourth-order valence-corrected chi connectivity index (χ4v) is 4.13. The quantitative estimate of drug-likeness (QED) is 0.854. The van der Waals surface area contributed by atoms with Crippen molar-refractivity contribution in [3.63, 3.8) is 0 Å². The molecule has 0 atom stereocenters. The summed E-state index contributed by atoms with van der Waals surface area (Å²) in [5.41, 5.74) is 2.78. The molecular weight excluding hydrogens is 360 g/mol. The highest BCUT2D eigenvalue weighted by Gasteiger charge is 2.21. The number of nitrogens with one attached hydrogen (secondary N) is 1. The molecule has 0 spiro atoms. The molecule has 3 rings (SSSR count). The molecule has 2 aromatic rings. The number of rotatable bonds is 5. The van der Waals surface area contributed by atoms with E-state index >= 15 is 0 Å². The molecule has 2 aromatic carbocycles. The van der Waals surface area contributed by atoms with Crippen LogP contribution < -0.4 is 9.62 Å². The molecule has 1 aliphatic rings.